The summed E-state index contributed by atoms with van der Waals surface area (Å²) in [5.74, 6) is 1.65. The highest BCUT2D eigenvalue weighted by Gasteiger charge is 1.98. The number of nitrogens with one attached hydrogen (secondary N) is 2. The lowest BCUT2D eigenvalue weighted by Gasteiger charge is -2.12. The van der Waals surface area contributed by atoms with Crippen LogP contribution in [0.3, 0.4) is 0 Å². The Balaban J connectivity index is 0. The highest BCUT2D eigenvalue weighted by Crippen LogP contribution is 1.96. The first-order valence-corrected chi connectivity index (χ1v) is 7.80. The molecule has 0 spiro atoms. The van der Waals surface area contributed by atoms with Gasteiger partial charge in [-0.25, -0.2) is 0 Å². The number of nitrogens with zero attached hydrogens (tertiary/aromatic N) is 1. The third-order valence-corrected chi connectivity index (χ3v) is 2.72. The van der Waals surface area contributed by atoms with Gasteiger partial charge in [0.15, 0.2) is 5.96 Å². The lowest BCUT2D eigenvalue weighted by Crippen LogP contribution is -2.38. The molecule has 0 aliphatic carbocycles. The number of guanidine groups is 1. The summed E-state index contributed by atoms with van der Waals surface area (Å²) in [4.78, 5) is 4.54. The molecule has 2 N–H and O–H groups in total. The molecule has 0 aromatic heterocycles. The van der Waals surface area contributed by atoms with Gasteiger partial charge in [0, 0.05) is 32.8 Å². The standard InChI is InChI=1S/C15H33N3O.HI/c1-5-7-12-19-13-8-10-17-15(16-6-2)18-11-9-14(3)4;/h14H,5-13H2,1-4H3,(H2,16,17,18);1H. The molecule has 0 aromatic carbocycles. The number of ether oxygens (including phenoxy) is 1. The molecule has 0 bridgehead atoms. The molecule has 0 saturated carbocycles. The van der Waals surface area contributed by atoms with E-state index in [9.17, 15) is 0 Å². The van der Waals surface area contributed by atoms with Crippen LogP contribution < -0.4 is 10.6 Å². The topological polar surface area (TPSA) is 45.6 Å². The lowest BCUT2D eigenvalue weighted by atomic mass is 10.1. The molecule has 0 saturated heterocycles. The van der Waals surface area contributed by atoms with Crippen molar-refractivity contribution in [3.05, 3.63) is 0 Å². The summed E-state index contributed by atoms with van der Waals surface area (Å²) in [6.07, 6.45) is 4.51. The fraction of sp³-hybridized carbons (Fsp3) is 0.933. The third kappa shape index (κ3) is 16.0. The van der Waals surface area contributed by atoms with Crippen molar-refractivity contribution in [3.8, 4) is 0 Å². The maximum absolute atomic E-state index is 5.52. The van der Waals surface area contributed by atoms with Crippen molar-refractivity contribution in [2.45, 2.75) is 53.4 Å². The Hall–Kier alpha value is -0.0400. The Bertz CT molecular complexity index is 223. The molecule has 5 heteroatoms. The predicted octanol–water partition coefficient (Wildman–Crippen LogP) is 3.41. The zero-order valence-corrected chi connectivity index (χ0v) is 16.0. The summed E-state index contributed by atoms with van der Waals surface area (Å²) in [7, 11) is 0. The van der Waals surface area contributed by atoms with E-state index < -0.39 is 0 Å². The van der Waals surface area contributed by atoms with Crippen LogP contribution in [0.15, 0.2) is 4.99 Å². The van der Waals surface area contributed by atoms with E-state index >= 15 is 0 Å². The van der Waals surface area contributed by atoms with Crippen molar-refractivity contribution in [2.24, 2.45) is 10.9 Å². The zero-order chi connectivity index (χ0) is 14.3. The number of unbranched alkanes of at least 4 members (excludes halogenated alkanes) is 1. The van der Waals surface area contributed by atoms with E-state index in [2.05, 4.69) is 43.3 Å². The van der Waals surface area contributed by atoms with Crippen molar-refractivity contribution >= 4 is 29.9 Å². The Morgan fingerprint density at radius 3 is 2.40 bits per heavy atom. The van der Waals surface area contributed by atoms with Gasteiger partial charge in [-0.1, -0.05) is 27.2 Å². The first-order chi connectivity index (χ1) is 9.20. The van der Waals surface area contributed by atoms with Crippen LogP contribution in [-0.4, -0.2) is 38.8 Å². The van der Waals surface area contributed by atoms with Crippen molar-refractivity contribution in [2.75, 3.05) is 32.8 Å². The van der Waals surface area contributed by atoms with Gasteiger partial charge in [0.25, 0.3) is 0 Å². The van der Waals surface area contributed by atoms with Gasteiger partial charge in [-0.05, 0) is 32.1 Å². The molecule has 0 fully saturated rings. The molecule has 0 unspecified atom stereocenters. The van der Waals surface area contributed by atoms with Gasteiger partial charge < -0.3 is 15.4 Å². The molecule has 0 atom stereocenters. The normalized spacial score (nSPS) is 11.3. The minimum absolute atomic E-state index is 0. The van der Waals surface area contributed by atoms with Gasteiger partial charge in [-0.3, -0.25) is 4.99 Å². The second-order valence-corrected chi connectivity index (χ2v) is 5.19. The average molecular weight is 399 g/mol. The molecule has 20 heavy (non-hydrogen) atoms. The van der Waals surface area contributed by atoms with Crippen LogP contribution in [0, 0.1) is 5.92 Å². The molecular weight excluding hydrogens is 365 g/mol. The highest BCUT2D eigenvalue weighted by atomic mass is 127. The fourth-order valence-electron chi connectivity index (χ4n) is 1.53. The van der Waals surface area contributed by atoms with Crippen LogP contribution >= 0.6 is 24.0 Å². The van der Waals surface area contributed by atoms with E-state index in [0.717, 1.165) is 57.6 Å². The van der Waals surface area contributed by atoms with Crippen LogP contribution in [0.2, 0.25) is 0 Å². The molecule has 0 heterocycles. The van der Waals surface area contributed by atoms with Crippen LogP contribution in [0.5, 0.6) is 0 Å². The van der Waals surface area contributed by atoms with Crippen molar-refractivity contribution in [1.82, 2.24) is 10.6 Å². The van der Waals surface area contributed by atoms with Gasteiger partial charge in [0.05, 0.1) is 0 Å². The largest absolute Gasteiger partial charge is 0.381 e. The molecular formula is C15H34IN3O. The summed E-state index contributed by atoms with van der Waals surface area (Å²) in [6.45, 7) is 13.1. The molecule has 0 radical (unpaired) electrons. The molecule has 0 aliphatic heterocycles. The van der Waals surface area contributed by atoms with E-state index in [4.69, 9.17) is 4.74 Å². The smallest absolute Gasteiger partial charge is 0.191 e. The maximum atomic E-state index is 5.52. The fourth-order valence-corrected chi connectivity index (χ4v) is 1.53. The lowest BCUT2D eigenvalue weighted by molar-refractivity contribution is 0.130. The average Bonchev–Trinajstić information content (AvgIpc) is 2.37. The van der Waals surface area contributed by atoms with Crippen molar-refractivity contribution < 1.29 is 4.74 Å². The van der Waals surface area contributed by atoms with E-state index in [1.165, 1.54) is 12.8 Å². The van der Waals surface area contributed by atoms with E-state index in [0.29, 0.717) is 0 Å². The first-order valence-electron chi connectivity index (χ1n) is 7.80. The van der Waals surface area contributed by atoms with Crippen LogP contribution in [-0.2, 0) is 4.74 Å². The minimum atomic E-state index is 0. The summed E-state index contributed by atoms with van der Waals surface area (Å²) >= 11 is 0. The molecule has 0 rings (SSSR count). The van der Waals surface area contributed by atoms with Crippen LogP contribution in [0.1, 0.15) is 53.4 Å². The van der Waals surface area contributed by atoms with Gasteiger partial charge in [0.1, 0.15) is 0 Å². The van der Waals surface area contributed by atoms with E-state index in [1.807, 2.05) is 0 Å². The molecule has 4 nitrogen and oxygen atoms in total. The number of hydrogen-bond acceptors (Lipinski definition) is 2. The quantitative estimate of drug-likeness (QED) is 0.242. The monoisotopic (exact) mass is 399 g/mol. The first kappa shape index (κ1) is 22.2. The van der Waals surface area contributed by atoms with Gasteiger partial charge >= 0.3 is 0 Å². The second kappa shape index (κ2) is 17.0. The minimum Gasteiger partial charge on any atom is -0.381 e. The van der Waals surface area contributed by atoms with Crippen LogP contribution in [0.4, 0.5) is 0 Å². The number of hydrogen-bond donors (Lipinski definition) is 2. The maximum Gasteiger partial charge on any atom is 0.191 e. The number of aliphatic imine (C=N–C) groups is 1. The second-order valence-electron chi connectivity index (χ2n) is 5.19. The third-order valence-electron chi connectivity index (χ3n) is 2.72. The van der Waals surface area contributed by atoms with Gasteiger partial charge in [0.2, 0.25) is 0 Å². The molecule has 122 valence electrons. The summed E-state index contributed by atoms with van der Waals surface area (Å²) in [6, 6.07) is 0. The Morgan fingerprint density at radius 2 is 1.80 bits per heavy atom. The van der Waals surface area contributed by atoms with Crippen molar-refractivity contribution in [3.63, 3.8) is 0 Å². The van der Waals surface area contributed by atoms with Crippen LogP contribution in [0.25, 0.3) is 0 Å². The van der Waals surface area contributed by atoms with E-state index in [-0.39, 0.29) is 24.0 Å². The Labute approximate surface area is 142 Å². The summed E-state index contributed by atoms with van der Waals surface area (Å²) in [5.41, 5.74) is 0. The van der Waals surface area contributed by atoms with Crippen molar-refractivity contribution in [1.29, 1.82) is 0 Å². The Kier molecular flexibility index (Phi) is 18.9. The van der Waals surface area contributed by atoms with E-state index in [1.54, 1.807) is 0 Å². The zero-order valence-electron chi connectivity index (χ0n) is 13.7. The molecule has 0 aromatic rings. The van der Waals surface area contributed by atoms with Gasteiger partial charge in [-0.2, -0.15) is 0 Å². The molecule has 0 aliphatic rings. The summed E-state index contributed by atoms with van der Waals surface area (Å²) < 4.78 is 5.52. The number of rotatable bonds is 11. The number of halogens is 1. The molecule has 0 amide bonds. The predicted molar refractivity (Wildman–Crippen MR) is 99.2 cm³/mol. The van der Waals surface area contributed by atoms with Gasteiger partial charge in [-0.15, -0.1) is 24.0 Å². The highest BCUT2D eigenvalue weighted by molar-refractivity contribution is 14.0. The Morgan fingerprint density at radius 1 is 1.10 bits per heavy atom. The summed E-state index contributed by atoms with van der Waals surface area (Å²) in [5, 5.41) is 6.63. The SMILES string of the molecule is CCCCOCCCN=C(NCC)NCCC(C)C.I.